The molecule has 1 atom stereocenters. The lowest BCUT2D eigenvalue weighted by Gasteiger charge is -2.53. The number of halogens is 2. The van der Waals surface area contributed by atoms with Gasteiger partial charge in [-0.1, -0.05) is 11.6 Å². The third-order valence-corrected chi connectivity index (χ3v) is 8.99. The van der Waals surface area contributed by atoms with Crippen molar-refractivity contribution in [3.8, 4) is 0 Å². The second-order valence-corrected chi connectivity index (χ2v) is 11.0. The molecule has 0 radical (unpaired) electrons. The van der Waals surface area contributed by atoms with Gasteiger partial charge in [0.15, 0.2) is 0 Å². The number of hydrogen-bond acceptors (Lipinski definition) is 3. The number of benzene rings is 2. The normalized spacial score (nSPS) is 26.1. The lowest BCUT2D eigenvalue weighted by Crippen LogP contribution is -2.56. The van der Waals surface area contributed by atoms with E-state index in [0.29, 0.717) is 10.9 Å². The van der Waals surface area contributed by atoms with Crippen LogP contribution in [0.25, 0.3) is 10.9 Å². The zero-order chi connectivity index (χ0) is 21.6. The van der Waals surface area contributed by atoms with Crippen LogP contribution in [-0.4, -0.2) is 19.4 Å². The molecule has 0 bridgehead atoms. The largest absolute Gasteiger partial charge is 0.256 e. The third-order valence-electron chi connectivity index (χ3n) is 7.25. The van der Waals surface area contributed by atoms with Crippen LogP contribution in [0, 0.1) is 11.2 Å². The van der Waals surface area contributed by atoms with E-state index in [1.165, 1.54) is 6.07 Å². The molecule has 2 aromatic carbocycles. The summed E-state index contributed by atoms with van der Waals surface area (Å²) in [5.74, 6) is 0.0942. The highest BCUT2D eigenvalue weighted by Gasteiger charge is 2.49. The van der Waals surface area contributed by atoms with Crippen LogP contribution < -0.4 is 4.72 Å². The molecular formula is C24H24ClFN2O2S. The van der Waals surface area contributed by atoms with Crippen molar-refractivity contribution in [3.63, 3.8) is 0 Å². The molecule has 1 N–H and O–H groups in total. The molecule has 1 heterocycles. The Balaban J connectivity index is 1.31. The Morgan fingerprint density at radius 2 is 1.71 bits per heavy atom. The van der Waals surface area contributed by atoms with Gasteiger partial charge >= 0.3 is 0 Å². The van der Waals surface area contributed by atoms with Gasteiger partial charge in [0.25, 0.3) is 0 Å². The van der Waals surface area contributed by atoms with E-state index in [9.17, 15) is 12.8 Å². The van der Waals surface area contributed by atoms with Gasteiger partial charge in [-0.2, -0.15) is 0 Å². The van der Waals surface area contributed by atoms with Crippen LogP contribution in [0.4, 0.5) is 4.39 Å². The number of nitrogens with zero attached hydrogens (tertiary/aromatic N) is 1. The van der Waals surface area contributed by atoms with Crippen molar-refractivity contribution in [3.05, 3.63) is 71.1 Å². The van der Waals surface area contributed by atoms with Gasteiger partial charge in [-0.05, 0) is 104 Å². The molecule has 1 aromatic heterocycles. The number of rotatable bonds is 4. The van der Waals surface area contributed by atoms with Gasteiger partial charge in [0.2, 0.25) is 10.0 Å². The van der Waals surface area contributed by atoms with E-state index < -0.39 is 10.0 Å². The van der Waals surface area contributed by atoms with Gasteiger partial charge in [-0.3, -0.25) is 4.98 Å². The average Bonchev–Trinajstić information content (AvgIpc) is 2.77. The van der Waals surface area contributed by atoms with E-state index in [1.807, 2.05) is 6.07 Å². The summed E-state index contributed by atoms with van der Waals surface area (Å²) < 4.78 is 42.5. The van der Waals surface area contributed by atoms with Crippen molar-refractivity contribution >= 4 is 32.5 Å². The first-order valence-electron chi connectivity index (χ1n) is 10.7. The van der Waals surface area contributed by atoms with Gasteiger partial charge in [0.1, 0.15) is 5.82 Å². The molecule has 162 valence electrons. The summed E-state index contributed by atoms with van der Waals surface area (Å²) in [5.41, 5.74) is 1.98. The van der Waals surface area contributed by atoms with Crippen molar-refractivity contribution < 1.29 is 12.8 Å². The highest BCUT2D eigenvalue weighted by atomic mass is 35.5. The standard InChI is InChI=1S/C24H24ClFN2O2S/c25-17-1-4-19(5-2-17)31(29,30)28-23-9-13-24(23)11-7-16(8-12-24)20-10-14-27-22-6-3-18(26)15-21(20)22/h1-6,10,14-16,23,28H,7-9,11-13H2. The highest BCUT2D eigenvalue weighted by Crippen LogP contribution is 2.55. The number of fused-ring (bicyclic) bond motifs is 1. The van der Waals surface area contributed by atoms with Crippen LogP contribution >= 0.6 is 11.6 Å². The Hall–Kier alpha value is -2.02. The first-order valence-corrected chi connectivity index (χ1v) is 12.5. The minimum atomic E-state index is -3.57. The lowest BCUT2D eigenvalue weighted by molar-refractivity contribution is 0.0299. The Labute approximate surface area is 186 Å². The third kappa shape index (κ3) is 3.86. The predicted molar refractivity (Wildman–Crippen MR) is 120 cm³/mol. The summed E-state index contributed by atoms with van der Waals surface area (Å²) in [7, 11) is -3.57. The van der Waals surface area contributed by atoms with Crippen molar-refractivity contribution in [2.24, 2.45) is 5.41 Å². The first kappa shape index (κ1) is 20.9. The summed E-state index contributed by atoms with van der Waals surface area (Å²) in [6, 6.07) is 13.0. The fourth-order valence-corrected chi connectivity index (χ4v) is 6.85. The number of hydrogen-bond donors (Lipinski definition) is 1. The molecule has 0 saturated heterocycles. The zero-order valence-corrected chi connectivity index (χ0v) is 18.6. The van der Waals surface area contributed by atoms with Crippen LogP contribution in [0.5, 0.6) is 0 Å². The molecule has 1 spiro atoms. The highest BCUT2D eigenvalue weighted by molar-refractivity contribution is 7.89. The number of pyridine rings is 1. The predicted octanol–water partition coefficient (Wildman–Crippen LogP) is 5.81. The monoisotopic (exact) mass is 458 g/mol. The summed E-state index contributed by atoms with van der Waals surface area (Å²) in [6.07, 6.45) is 7.56. The van der Waals surface area contributed by atoms with Crippen LogP contribution in [0.3, 0.4) is 0 Å². The lowest BCUT2D eigenvalue weighted by atomic mass is 9.55. The Bertz CT molecular complexity index is 1220. The van der Waals surface area contributed by atoms with Crippen LogP contribution in [-0.2, 0) is 10.0 Å². The molecule has 2 aliphatic rings. The van der Waals surface area contributed by atoms with E-state index in [-0.39, 0.29) is 22.2 Å². The molecule has 2 saturated carbocycles. The minimum Gasteiger partial charge on any atom is -0.256 e. The molecular weight excluding hydrogens is 435 g/mol. The van der Waals surface area contributed by atoms with Gasteiger partial charge in [-0.25, -0.2) is 17.5 Å². The molecule has 0 amide bonds. The smallest absolute Gasteiger partial charge is 0.240 e. The minimum absolute atomic E-state index is 0.0179. The molecule has 4 nitrogen and oxygen atoms in total. The van der Waals surface area contributed by atoms with Gasteiger partial charge < -0.3 is 0 Å². The van der Waals surface area contributed by atoms with Crippen LogP contribution in [0.2, 0.25) is 5.02 Å². The van der Waals surface area contributed by atoms with E-state index in [2.05, 4.69) is 9.71 Å². The maximum Gasteiger partial charge on any atom is 0.240 e. The maximum atomic E-state index is 13.8. The molecule has 0 aliphatic heterocycles. The Kier molecular flexibility index (Phi) is 5.27. The van der Waals surface area contributed by atoms with E-state index in [1.54, 1.807) is 42.6 Å². The molecule has 2 aliphatic carbocycles. The number of nitrogens with one attached hydrogen (secondary N) is 1. The molecule has 5 rings (SSSR count). The second kappa shape index (κ2) is 7.84. The number of sulfonamides is 1. The molecule has 31 heavy (non-hydrogen) atoms. The van der Waals surface area contributed by atoms with Gasteiger partial charge in [0, 0.05) is 22.6 Å². The SMILES string of the molecule is O=S(=O)(NC1CCC12CCC(c1ccnc3ccc(F)cc13)CC2)c1ccc(Cl)cc1. The molecule has 2 fully saturated rings. The Morgan fingerprint density at radius 3 is 2.39 bits per heavy atom. The van der Waals surface area contributed by atoms with Gasteiger partial charge in [-0.15, -0.1) is 0 Å². The summed E-state index contributed by atoms with van der Waals surface area (Å²) >= 11 is 5.89. The maximum absolute atomic E-state index is 13.8. The zero-order valence-electron chi connectivity index (χ0n) is 17.0. The van der Waals surface area contributed by atoms with E-state index >= 15 is 0 Å². The summed E-state index contributed by atoms with van der Waals surface area (Å²) in [5, 5.41) is 1.40. The van der Waals surface area contributed by atoms with Crippen LogP contribution in [0.15, 0.2) is 59.6 Å². The van der Waals surface area contributed by atoms with Gasteiger partial charge in [0.05, 0.1) is 10.4 Å². The molecule has 7 heteroatoms. The van der Waals surface area contributed by atoms with Crippen LogP contribution in [0.1, 0.15) is 50.0 Å². The van der Waals surface area contributed by atoms with Crippen molar-refractivity contribution in [1.29, 1.82) is 0 Å². The quantitative estimate of drug-likeness (QED) is 0.536. The van der Waals surface area contributed by atoms with Crippen molar-refractivity contribution in [1.82, 2.24) is 9.71 Å². The van der Waals surface area contributed by atoms with Crippen molar-refractivity contribution in [2.75, 3.05) is 0 Å². The second-order valence-electron chi connectivity index (χ2n) is 8.86. The fourth-order valence-electron chi connectivity index (χ4n) is 5.35. The van der Waals surface area contributed by atoms with E-state index in [0.717, 1.165) is 55.0 Å². The van der Waals surface area contributed by atoms with E-state index in [4.69, 9.17) is 11.6 Å². The average molecular weight is 459 g/mol. The molecule has 3 aromatic rings. The topological polar surface area (TPSA) is 59.1 Å². The Morgan fingerprint density at radius 1 is 1.00 bits per heavy atom. The number of aromatic nitrogens is 1. The summed E-state index contributed by atoms with van der Waals surface area (Å²) in [4.78, 5) is 4.62. The summed E-state index contributed by atoms with van der Waals surface area (Å²) in [6.45, 7) is 0. The molecule has 1 unspecified atom stereocenters. The first-order chi connectivity index (χ1) is 14.9. The van der Waals surface area contributed by atoms with Crippen molar-refractivity contribution in [2.45, 2.75) is 55.4 Å². The fraction of sp³-hybridized carbons (Fsp3) is 0.375.